The van der Waals surface area contributed by atoms with E-state index in [-0.39, 0.29) is 24.6 Å². The average Bonchev–Trinajstić information content (AvgIpc) is 3.32. The van der Waals surface area contributed by atoms with Crippen molar-refractivity contribution in [3.8, 4) is 0 Å². The number of hydrogen-bond donors (Lipinski definition) is 1. The van der Waals surface area contributed by atoms with E-state index in [0.717, 1.165) is 11.1 Å². The lowest BCUT2D eigenvalue weighted by Crippen LogP contribution is -2.45. The van der Waals surface area contributed by atoms with Gasteiger partial charge in [-0.25, -0.2) is 4.79 Å². The third-order valence-corrected chi connectivity index (χ3v) is 5.53. The van der Waals surface area contributed by atoms with E-state index in [2.05, 4.69) is 5.32 Å². The molecule has 4 rings (SSSR count). The smallest absolute Gasteiger partial charge is 0.332 e. The van der Waals surface area contributed by atoms with Crippen molar-refractivity contribution < 1.29 is 9.21 Å². The van der Waals surface area contributed by atoms with Gasteiger partial charge in [-0.05, 0) is 43.2 Å². The number of amides is 1. The minimum atomic E-state index is -0.773. The first-order valence-electron chi connectivity index (χ1n) is 10.6. The number of carbonyl (C=O) groups excluding carboxylic acids is 1. The molecule has 0 aliphatic carbocycles. The molecule has 0 saturated heterocycles. The van der Waals surface area contributed by atoms with E-state index in [1.165, 1.54) is 9.13 Å². The summed E-state index contributed by atoms with van der Waals surface area (Å²) in [7, 11) is 0. The molecule has 0 unspecified atom stereocenters. The number of benzene rings is 2. The number of aromatic nitrogens is 2. The van der Waals surface area contributed by atoms with Crippen LogP contribution in [0, 0.1) is 6.92 Å². The van der Waals surface area contributed by atoms with Gasteiger partial charge in [0, 0.05) is 0 Å². The molecule has 0 bridgehead atoms. The van der Waals surface area contributed by atoms with Gasteiger partial charge in [0.05, 0.1) is 30.3 Å². The van der Waals surface area contributed by atoms with Crippen LogP contribution in [0.15, 0.2) is 80.9 Å². The molecule has 7 nitrogen and oxygen atoms in total. The zero-order chi connectivity index (χ0) is 22.7. The van der Waals surface area contributed by atoms with Crippen LogP contribution in [-0.2, 0) is 17.9 Å². The Balaban J connectivity index is 1.83. The van der Waals surface area contributed by atoms with E-state index < -0.39 is 11.7 Å². The van der Waals surface area contributed by atoms with Crippen LogP contribution >= 0.6 is 0 Å². The van der Waals surface area contributed by atoms with Crippen LogP contribution in [0.5, 0.6) is 0 Å². The predicted octanol–water partition coefficient (Wildman–Crippen LogP) is 3.38. The number of carbonyl (C=O) groups is 1. The second-order valence-electron chi connectivity index (χ2n) is 7.77. The Kier molecular flexibility index (Phi) is 6.07. The normalized spacial score (nSPS) is 12.1. The van der Waals surface area contributed by atoms with Crippen molar-refractivity contribution in [2.75, 3.05) is 0 Å². The Hall–Kier alpha value is -3.87. The summed E-state index contributed by atoms with van der Waals surface area (Å²) in [6, 6.07) is 17.4. The molecule has 0 spiro atoms. The van der Waals surface area contributed by atoms with Crippen molar-refractivity contribution in [3.63, 3.8) is 0 Å². The summed E-state index contributed by atoms with van der Waals surface area (Å²) in [5.74, 6) is 0.313. The molecule has 0 radical (unpaired) electrons. The van der Waals surface area contributed by atoms with Gasteiger partial charge >= 0.3 is 5.69 Å². The second kappa shape index (κ2) is 9.09. The molecule has 1 N–H and O–H groups in total. The SMILES string of the molecule is CC[C@H](C(=O)NCc1ccco1)n1c(=O)n(Cc2ccccc2)c(=O)c2cc(C)ccc21. The van der Waals surface area contributed by atoms with Gasteiger partial charge in [0.1, 0.15) is 11.8 Å². The van der Waals surface area contributed by atoms with Crippen molar-refractivity contribution >= 4 is 16.8 Å². The van der Waals surface area contributed by atoms with Crippen LogP contribution in [0.1, 0.15) is 36.3 Å². The quantitative estimate of drug-likeness (QED) is 0.486. The summed E-state index contributed by atoms with van der Waals surface area (Å²) in [6.45, 7) is 4.09. The molecular formula is C25H25N3O4. The van der Waals surface area contributed by atoms with Crippen LogP contribution < -0.4 is 16.6 Å². The minimum absolute atomic E-state index is 0.132. The number of fused-ring (bicyclic) bond motifs is 1. The molecule has 2 aromatic carbocycles. The number of nitrogens with one attached hydrogen (secondary N) is 1. The molecule has 1 amide bonds. The van der Waals surface area contributed by atoms with Crippen molar-refractivity contribution in [2.45, 2.75) is 39.4 Å². The summed E-state index contributed by atoms with van der Waals surface area (Å²) in [5, 5.41) is 3.26. The Bertz CT molecular complexity index is 1350. The molecule has 164 valence electrons. The topological polar surface area (TPSA) is 86.2 Å². The third-order valence-electron chi connectivity index (χ3n) is 5.53. The zero-order valence-corrected chi connectivity index (χ0v) is 18.1. The van der Waals surface area contributed by atoms with Gasteiger partial charge in [-0.1, -0.05) is 48.9 Å². The third kappa shape index (κ3) is 4.14. The van der Waals surface area contributed by atoms with Crippen LogP contribution in [0.2, 0.25) is 0 Å². The summed E-state index contributed by atoms with van der Waals surface area (Å²) in [6.07, 6.45) is 1.93. The molecule has 0 aliphatic rings. The largest absolute Gasteiger partial charge is 0.467 e. The van der Waals surface area contributed by atoms with E-state index in [1.54, 1.807) is 30.5 Å². The summed E-state index contributed by atoms with van der Waals surface area (Å²) >= 11 is 0. The maximum atomic E-state index is 13.6. The first-order chi connectivity index (χ1) is 15.5. The maximum absolute atomic E-state index is 13.6. The van der Waals surface area contributed by atoms with Crippen molar-refractivity contribution in [2.24, 2.45) is 0 Å². The second-order valence-corrected chi connectivity index (χ2v) is 7.77. The molecule has 2 heterocycles. The van der Waals surface area contributed by atoms with Crippen molar-refractivity contribution in [3.05, 3.63) is 105 Å². The fraction of sp³-hybridized carbons (Fsp3) is 0.240. The van der Waals surface area contributed by atoms with Crippen LogP contribution in [0.4, 0.5) is 0 Å². The van der Waals surface area contributed by atoms with Gasteiger partial charge in [-0.3, -0.25) is 18.7 Å². The molecule has 1 atom stereocenters. The number of hydrogen-bond acceptors (Lipinski definition) is 4. The predicted molar refractivity (Wildman–Crippen MR) is 123 cm³/mol. The highest BCUT2D eigenvalue weighted by Gasteiger charge is 2.24. The minimum Gasteiger partial charge on any atom is -0.467 e. The monoisotopic (exact) mass is 431 g/mol. The van der Waals surface area contributed by atoms with Gasteiger partial charge < -0.3 is 9.73 Å². The standard InChI is InChI=1S/C25H25N3O4/c1-3-21(23(29)26-15-19-10-7-13-32-19)28-22-12-11-17(2)14-20(22)24(30)27(25(28)31)16-18-8-5-4-6-9-18/h4-14,21H,3,15-16H2,1-2H3,(H,26,29)/t21-/m1/s1. The van der Waals surface area contributed by atoms with E-state index >= 15 is 0 Å². The lowest BCUT2D eigenvalue weighted by molar-refractivity contribution is -0.124. The summed E-state index contributed by atoms with van der Waals surface area (Å²) in [4.78, 5) is 39.9. The lowest BCUT2D eigenvalue weighted by Gasteiger charge is -2.21. The van der Waals surface area contributed by atoms with Gasteiger partial charge in [-0.15, -0.1) is 0 Å². The van der Waals surface area contributed by atoms with Crippen molar-refractivity contribution in [1.29, 1.82) is 0 Å². The summed E-state index contributed by atoms with van der Waals surface area (Å²) in [5.41, 5.74) is 1.33. The Morgan fingerprint density at radius 2 is 1.84 bits per heavy atom. The fourth-order valence-electron chi connectivity index (χ4n) is 3.89. The molecule has 0 fully saturated rings. The fourth-order valence-corrected chi connectivity index (χ4v) is 3.89. The first-order valence-corrected chi connectivity index (χ1v) is 10.6. The number of nitrogens with zero attached hydrogens (tertiary/aromatic N) is 2. The number of rotatable bonds is 7. The van der Waals surface area contributed by atoms with Crippen LogP contribution in [0.3, 0.4) is 0 Å². The molecule has 32 heavy (non-hydrogen) atoms. The van der Waals surface area contributed by atoms with Crippen LogP contribution in [0.25, 0.3) is 10.9 Å². The van der Waals surface area contributed by atoms with E-state index in [4.69, 9.17) is 4.42 Å². The highest BCUT2D eigenvalue weighted by Crippen LogP contribution is 2.18. The Labute approximate surface area is 184 Å². The highest BCUT2D eigenvalue weighted by molar-refractivity contribution is 5.84. The van der Waals surface area contributed by atoms with Crippen molar-refractivity contribution in [1.82, 2.24) is 14.5 Å². The zero-order valence-electron chi connectivity index (χ0n) is 18.1. The number of aryl methyl sites for hydroxylation is 1. The Morgan fingerprint density at radius 1 is 1.06 bits per heavy atom. The van der Waals surface area contributed by atoms with Gasteiger partial charge in [-0.2, -0.15) is 0 Å². The van der Waals surface area contributed by atoms with Crippen LogP contribution in [-0.4, -0.2) is 15.0 Å². The first kappa shape index (κ1) is 21.4. The van der Waals surface area contributed by atoms with Gasteiger partial charge in [0.15, 0.2) is 0 Å². The van der Waals surface area contributed by atoms with E-state index in [0.29, 0.717) is 23.1 Å². The molecule has 0 aliphatic heterocycles. The van der Waals surface area contributed by atoms with Gasteiger partial charge in [0.2, 0.25) is 5.91 Å². The lowest BCUT2D eigenvalue weighted by atomic mass is 10.1. The van der Waals surface area contributed by atoms with E-state index in [9.17, 15) is 14.4 Å². The molecule has 0 saturated carbocycles. The average molecular weight is 431 g/mol. The highest BCUT2D eigenvalue weighted by atomic mass is 16.3. The molecule has 4 aromatic rings. The molecular weight excluding hydrogens is 406 g/mol. The number of furan rings is 1. The molecule has 7 heteroatoms. The van der Waals surface area contributed by atoms with Gasteiger partial charge in [0.25, 0.3) is 5.56 Å². The van der Waals surface area contributed by atoms with E-state index in [1.807, 2.05) is 50.2 Å². The maximum Gasteiger partial charge on any atom is 0.332 e. The molecule has 2 aromatic heterocycles. The Morgan fingerprint density at radius 3 is 2.53 bits per heavy atom. The summed E-state index contributed by atoms with van der Waals surface area (Å²) < 4.78 is 7.93.